The van der Waals surface area contributed by atoms with Gasteiger partial charge in [-0.1, -0.05) is 23.7 Å². The standard InChI is InChI=1S/C14H14ClN3O2/c1-9(7-16)8-18-12(19)14(2,17-13(18)20)10-3-5-11(15)6-4-10/h3-6,9H,8H2,1-2H3,(H,17,20)/t9-,14+/m1/s1. The van der Waals surface area contributed by atoms with Crippen LogP contribution in [-0.2, 0) is 10.3 Å². The summed E-state index contributed by atoms with van der Waals surface area (Å²) in [6.45, 7) is 3.40. The van der Waals surface area contributed by atoms with E-state index < -0.39 is 17.5 Å². The Morgan fingerprint density at radius 2 is 2.00 bits per heavy atom. The monoisotopic (exact) mass is 291 g/mol. The summed E-state index contributed by atoms with van der Waals surface area (Å²) in [4.78, 5) is 25.5. The molecular formula is C14H14ClN3O2. The van der Waals surface area contributed by atoms with Crippen molar-refractivity contribution in [2.24, 2.45) is 5.92 Å². The van der Waals surface area contributed by atoms with E-state index in [1.54, 1.807) is 38.1 Å². The zero-order chi connectivity index (χ0) is 14.9. The number of carbonyl (C=O) groups excluding carboxylic acids is 2. The van der Waals surface area contributed by atoms with Crippen LogP contribution in [0.3, 0.4) is 0 Å². The van der Waals surface area contributed by atoms with Crippen LogP contribution >= 0.6 is 11.6 Å². The molecule has 1 aromatic rings. The first-order valence-corrected chi connectivity index (χ1v) is 6.56. The van der Waals surface area contributed by atoms with Gasteiger partial charge < -0.3 is 5.32 Å². The number of nitrogens with one attached hydrogen (secondary N) is 1. The van der Waals surface area contributed by atoms with Crippen LogP contribution in [0.1, 0.15) is 19.4 Å². The first-order valence-electron chi connectivity index (χ1n) is 6.18. The second kappa shape index (κ2) is 5.14. The smallest absolute Gasteiger partial charge is 0.319 e. The molecule has 2 atom stereocenters. The molecular weight excluding hydrogens is 278 g/mol. The predicted molar refractivity (Wildman–Crippen MR) is 73.8 cm³/mol. The predicted octanol–water partition coefficient (Wildman–Crippen LogP) is 2.27. The zero-order valence-electron chi connectivity index (χ0n) is 11.2. The second-order valence-corrected chi connectivity index (χ2v) is 5.44. The molecule has 3 amide bonds. The third-order valence-electron chi connectivity index (χ3n) is 3.37. The van der Waals surface area contributed by atoms with Crippen LogP contribution in [0.4, 0.5) is 4.79 Å². The van der Waals surface area contributed by atoms with E-state index in [2.05, 4.69) is 5.32 Å². The lowest BCUT2D eigenvalue weighted by Crippen LogP contribution is -2.41. The van der Waals surface area contributed by atoms with Gasteiger partial charge in [-0.2, -0.15) is 5.26 Å². The van der Waals surface area contributed by atoms with Gasteiger partial charge in [0.1, 0.15) is 5.54 Å². The summed E-state index contributed by atoms with van der Waals surface area (Å²) in [5, 5.41) is 12.1. The van der Waals surface area contributed by atoms with Crippen LogP contribution in [0, 0.1) is 17.2 Å². The molecule has 1 saturated heterocycles. The van der Waals surface area contributed by atoms with Gasteiger partial charge in [-0.15, -0.1) is 0 Å². The van der Waals surface area contributed by atoms with E-state index in [0.717, 1.165) is 4.90 Å². The van der Waals surface area contributed by atoms with Gasteiger partial charge in [0, 0.05) is 11.6 Å². The SMILES string of the molecule is C[C@H](C#N)CN1C(=O)N[C@@](C)(c2ccc(Cl)cc2)C1=O. The third kappa shape index (κ3) is 2.35. The molecule has 0 aliphatic carbocycles. The van der Waals surface area contributed by atoms with Crippen LogP contribution in [-0.4, -0.2) is 23.4 Å². The minimum atomic E-state index is -1.11. The average Bonchev–Trinajstić information content (AvgIpc) is 2.64. The largest absolute Gasteiger partial charge is 0.325 e. The summed E-state index contributed by atoms with van der Waals surface area (Å²) in [5.74, 6) is -0.760. The number of imide groups is 1. The highest BCUT2D eigenvalue weighted by Gasteiger charge is 2.49. The molecule has 1 N–H and O–H groups in total. The van der Waals surface area contributed by atoms with E-state index in [0.29, 0.717) is 10.6 Å². The summed E-state index contributed by atoms with van der Waals surface area (Å²) in [5.41, 5.74) is -0.455. The molecule has 0 aromatic heterocycles. The van der Waals surface area contributed by atoms with Crippen molar-refractivity contribution >= 4 is 23.5 Å². The number of amides is 3. The van der Waals surface area contributed by atoms with Gasteiger partial charge in [0.2, 0.25) is 0 Å². The van der Waals surface area contributed by atoms with Gasteiger partial charge in [0.25, 0.3) is 5.91 Å². The molecule has 0 bridgehead atoms. The second-order valence-electron chi connectivity index (χ2n) is 5.01. The van der Waals surface area contributed by atoms with Crippen LogP contribution in [0.2, 0.25) is 5.02 Å². The highest BCUT2D eigenvalue weighted by Crippen LogP contribution is 2.29. The zero-order valence-corrected chi connectivity index (χ0v) is 11.9. The quantitative estimate of drug-likeness (QED) is 0.868. The van der Waals surface area contributed by atoms with E-state index in [4.69, 9.17) is 16.9 Å². The van der Waals surface area contributed by atoms with E-state index in [9.17, 15) is 9.59 Å². The Bertz CT molecular complexity index is 593. The molecule has 2 rings (SSSR count). The van der Waals surface area contributed by atoms with E-state index in [-0.39, 0.29) is 12.5 Å². The number of carbonyl (C=O) groups is 2. The molecule has 1 aromatic carbocycles. The van der Waals surface area contributed by atoms with E-state index in [1.807, 2.05) is 6.07 Å². The Hall–Kier alpha value is -2.06. The number of nitrogens with zero attached hydrogens (tertiary/aromatic N) is 2. The summed E-state index contributed by atoms with van der Waals surface area (Å²) >= 11 is 5.83. The van der Waals surface area contributed by atoms with E-state index >= 15 is 0 Å². The van der Waals surface area contributed by atoms with Gasteiger partial charge in [0.05, 0.1) is 12.0 Å². The topological polar surface area (TPSA) is 73.2 Å². The molecule has 1 aliphatic rings. The molecule has 1 aliphatic heterocycles. The fourth-order valence-electron chi connectivity index (χ4n) is 2.16. The van der Waals surface area contributed by atoms with Crippen molar-refractivity contribution in [1.29, 1.82) is 5.26 Å². The van der Waals surface area contributed by atoms with Crippen molar-refractivity contribution < 1.29 is 9.59 Å². The number of benzene rings is 1. The number of nitriles is 1. The van der Waals surface area contributed by atoms with Crippen molar-refractivity contribution in [1.82, 2.24) is 10.2 Å². The number of urea groups is 1. The minimum Gasteiger partial charge on any atom is -0.319 e. The number of halogens is 1. The Labute approximate surface area is 122 Å². The molecule has 20 heavy (non-hydrogen) atoms. The van der Waals surface area contributed by atoms with Gasteiger partial charge in [-0.3, -0.25) is 9.69 Å². The summed E-state index contributed by atoms with van der Waals surface area (Å²) < 4.78 is 0. The summed E-state index contributed by atoms with van der Waals surface area (Å²) in [7, 11) is 0. The maximum absolute atomic E-state index is 12.5. The van der Waals surface area contributed by atoms with Gasteiger partial charge >= 0.3 is 6.03 Å². The van der Waals surface area contributed by atoms with Crippen LogP contribution in [0.25, 0.3) is 0 Å². The molecule has 0 spiro atoms. The molecule has 0 unspecified atom stereocenters. The fourth-order valence-corrected chi connectivity index (χ4v) is 2.28. The Morgan fingerprint density at radius 1 is 1.40 bits per heavy atom. The Balaban J connectivity index is 2.31. The van der Waals surface area contributed by atoms with Crippen molar-refractivity contribution in [3.8, 4) is 6.07 Å². The lowest BCUT2D eigenvalue weighted by Gasteiger charge is -2.22. The summed E-state index contributed by atoms with van der Waals surface area (Å²) in [6.07, 6.45) is 0. The van der Waals surface area contributed by atoms with Crippen molar-refractivity contribution in [3.05, 3.63) is 34.9 Å². The van der Waals surface area contributed by atoms with Crippen molar-refractivity contribution in [2.75, 3.05) is 6.54 Å². The fraction of sp³-hybridized carbons (Fsp3) is 0.357. The van der Waals surface area contributed by atoms with Gasteiger partial charge in [-0.25, -0.2) is 4.79 Å². The highest BCUT2D eigenvalue weighted by molar-refractivity contribution is 6.30. The number of hydrogen-bond acceptors (Lipinski definition) is 3. The lowest BCUT2D eigenvalue weighted by atomic mass is 9.92. The maximum atomic E-state index is 12.5. The number of rotatable bonds is 3. The van der Waals surface area contributed by atoms with Gasteiger partial charge in [0.15, 0.2) is 0 Å². The highest BCUT2D eigenvalue weighted by atomic mass is 35.5. The Kier molecular flexibility index (Phi) is 3.69. The van der Waals surface area contributed by atoms with Crippen molar-refractivity contribution in [2.45, 2.75) is 19.4 Å². The molecule has 104 valence electrons. The normalized spacial score (nSPS) is 23.4. The first-order chi connectivity index (χ1) is 9.38. The molecule has 0 saturated carbocycles. The molecule has 5 nitrogen and oxygen atoms in total. The van der Waals surface area contributed by atoms with Gasteiger partial charge in [-0.05, 0) is 31.5 Å². The number of hydrogen-bond donors (Lipinski definition) is 1. The van der Waals surface area contributed by atoms with Crippen LogP contribution in [0.5, 0.6) is 0 Å². The average molecular weight is 292 g/mol. The molecule has 1 heterocycles. The molecule has 1 fully saturated rings. The van der Waals surface area contributed by atoms with Crippen LogP contribution in [0.15, 0.2) is 24.3 Å². The Morgan fingerprint density at radius 3 is 2.55 bits per heavy atom. The third-order valence-corrected chi connectivity index (χ3v) is 3.63. The maximum Gasteiger partial charge on any atom is 0.325 e. The van der Waals surface area contributed by atoms with Crippen molar-refractivity contribution in [3.63, 3.8) is 0 Å². The summed E-state index contributed by atoms with van der Waals surface area (Å²) in [6, 6.07) is 8.29. The van der Waals surface area contributed by atoms with E-state index in [1.165, 1.54) is 0 Å². The molecule has 0 radical (unpaired) electrons. The first kappa shape index (κ1) is 14.4. The lowest BCUT2D eigenvalue weighted by molar-refractivity contribution is -0.131. The molecule has 6 heteroatoms. The minimum absolute atomic E-state index is 0.0876. The van der Waals surface area contributed by atoms with Crippen LogP contribution < -0.4 is 5.32 Å².